The van der Waals surface area contributed by atoms with Crippen molar-refractivity contribution in [3.05, 3.63) is 0 Å². The van der Waals surface area contributed by atoms with Crippen molar-refractivity contribution in [3.8, 4) is 0 Å². The van der Waals surface area contributed by atoms with E-state index in [0.29, 0.717) is 18.3 Å². The maximum Gasteiger partial charge on any atom is 0.511 e. The van der Waals surface area contributed by atoms with E-state index in [1.165, 1.54) is 6.92 Å². The molecule has 0 aromatic heterocycles. The molecule has 9 nitrogen and oxygen atoms in total. The van der Waals surface area contributed by atoms with Crippen molar-refractivity contribution >= 4 is 18.1 Å². The third-order valence-electron chi connectivity index (χ3n) is 7.75. The molecule has 3 saturated carbocycles. The summed E-state index contributed by atoms with van der Waals surface area (Å²) in [5.41, 5.74) is 1.70. The van der Waals surface area contributed by atoms with E-state index in [2.05, 4.69) is 20.8 Å². The van der Waals surface area contributed by atoms with E-state index in [-0.39, 0.29) is 25.0 Å². The molecule has 3 fully saturated rings. The summed E-state index contributed by atoms with van der Waals surface area (Å²) in [5.74, 6) is -3.97. The van der Waals surface area contributed by atoms with Crippen molar-refractivity contribution < 1.29 is 42.8 Å². The van der Waals surface area contributed by atoms with Crippen molar-refractivity contribution in [2.75, 3.05) is 6.61 Å². The first-order valence-corrected chi connectivity index (χ1v) is 12.3. The minimum absolute atomic E-state index is 0.00714. The van der Waals surface area contributed by atoms with Gasteiger partial charge < -0.3 is 29.8 Å². The number of rotatable bonds is 9. The summed E-state index contributed by atoms with van der Waals surface area (Å²) < 4.78 is 36.6. The predicted molar refractivity (Wildman–Crippen MR) is 118 cm³/mol. The zero-order valence-corrected chi connectivity index (χ0v) is 20.6. The van der Waals surface area contributed by atoms with Crippen LogP contribution in [0.5, 0.6) is 0 Å². The van der Waals surface area contributed by atoms with Crippen molar-refractivity contribution in [2.45, 2.75) is 96.4 Å². The van der Waals surface area contributed by atoms with Gasteiger partial charge in [0.25, 0.3) is 0 Å². The van der Waals surface area contributed by atoms with Gasteiger partial charge >= 0.3 is 18.1 Å². The Morgan fingerprint density at radius 3 is 2.41 bits per heavy atom. The number of alkyl halides is 1. The Balaban J connectivity index is 1.63. The Bertz CT molecular complexity index is 793. The summed E-state index contributed by atoms with van der Waals surface area (Å²) in [6, 6.07) is 0. The molecular formula is C24H38FNO8. The summed E-state index contributed by atoms with van der Waals surface area (Å²) in [6.45, 7) is 9.74. The predicted octanol–water partition coefficient (Wildman–Crippen LogP) is 3.42. The van der Waals surface area contributed by atoms with Gasteiger partial charge in [0, 0.05) is 25.4 Å². The molecule has 3 aliphatic rings. The first-order valence-electron chi connectivity index (χ1n) is 12.3. The van der Waals surface area contributed by atoms with E-state index in [1.54, 1.807) is 0 Å². The number of hydrogen-bond donors (Lipinski definition) is 2. The highest BCUT2D eigenvalue weighted by Gasteiger charge is 2.85. The summed E-state index contributed by atoms with van der Waals surface area (Å²) in [4.78, 5) is 36.9. The fourth-order valence-corrected chi connectivity index (χ4v) is 5.87. The average molecular weight is 488 g/mol. The van der Waals surface area contributed by atoms with Gasteiger partial charge in [-0.2, -0.15) is 0 Å². The van der Waals surface area contributed by atoms with E-state index in [0.717, 1.165) is 19.3 Å². The number of nitrogens with two attached hydrogens (primary N) is 1. The fourth-order valence-electron chi connectivity index (χ4n) is 5.87. The second kappa shape index (κ2) is 9.97. The van der Waals surface area contributed by atoms with Crippen LogP contribution in [0.1, 0.15) is 66.7 Å². The lowest BCUT2D eigenvalue weighted by Gasteiger charge is -2.36. The average Bonchev–Trinajstić information content (AvgIpc) is 3.21. The topological polar surface area (TPSA) is 134 Å². The number of carbonyl (C=O) groups excluding carboxylic acids is 2. The van der Waals surface area contributed by atoms with Gasteiger partial charge in [-0.15, -0.1) is 0 Å². The molecule has 0 spiro atoms. The lowest BCUT2D eigenvalue weighted by molar-refractivity contribution is -0.183. The van der Waals surface area contributed by atoms with Crippen LogP contribution in [-0.4, -0.2) is 59.5 Å². The summed E-state index contributed by atoms with van der Waals surface area (Å²) in [6.07, 6.45) is -0.132. The molecule has 194 valence electrons. The van der Waals surface area contributed by atoms with Crippen LogP contribution in [-0.2, 0) is 28.5 Å². The van der Waals surface area contributed by atoms with E-state index < -0.39 is 53.5 Å². The molecule has 3 N–H and O–H groups in total. The quantitative estimate of drug-likeness (QED) is 0.370. The van der Waals surface area contributed by atoms with Crippen LogP contribution in [0, 0.1) is 29.6 Å². The van der Waals surface area contributed by atoms with Crippen molar-refractivity contribution in [2.24, 2.45) is 35.3 Å². The minimum atomic E-state index is -2.60. The van der Waals surface area contributed by atoms with Crippen molar-refractivity contribution in [1.82, 2.24) is 0 Å². The SMILES string of the molecule is CCCO[C@@H]1C[C@@H]2[C@H]([C@]1(N)C(=O)O[C@@H](C)OC(=O)OC1C[C@H](C)CC[C@H]1C(C)C)[C@@]2(F)C(=O)O. The molecular weight excluding hydrogens is 449 g/mol. The van der Waals surface area contributed by atoms with Crippen LogP contribution in [0.2, 0.25) is 0 Å². The third kappa shape index (κ3) is 4.76. The van der Waals surface area contributed by atoms with Gasteiger partial charge in [-0.25, -0.2) is 18.8 Å². The second-order valence-corrected chi connectivity index (χ2v) is 10.5. The van der Waals surface area contributed by atoms with Crippen LogP contribution in [0.25, 0.3) is 0 Å². The minimum Gasteiger partial charge on any atom is -0.479 e. The van der Waals surface area contributed by atoms with Gasteiger partial charge in [-0.1, -0.05) is 34.1 Å². The van der Waals surface area contributed by atoms with Crippen LogP contribution >= 0.6 is 0 Å². The number of hydrogen-bond acceptors (Lipinski definition) is 8. The monoisotopic (exact) mass is 487 g/mol. The number of carboxylic acids is 1. The Morgan fingerprint density at radius 2 is 1.82 bits per heavy atom. The number of fused-ring (bicyclic) bond motifs is 1. The van der Waals surface area contributed by atoms with Crippen molar-refractivity contribution in [3.63, 3.8) is 0 Å². The molecule has 9 atom stereocenters. The van der Waals surface area contributed by atoms with Gasteiger partial charge in [0.1, 0.15) is 11.6 Å². The van der Waals surface area contributed by atoms with Gasteiger partial charge in [-0.05, 0) is 43.4 Å². The molecule has 0 amide bonds. The molecule has 0 aliphatic heterocycles. The molecule has 0 bridgehead atoms. The zero-order valence-electron chi connectivity index (χ0n) is 20.6. The number of carbonyl (C=O) groups is 3. The van der Waals surface area contributed by atoms with Crippen molar-refractivity contribution in [1.29, 1.82) is 0 Å². The number of aliphatic carboxylic acids is 1. The molecule has 0 aromatic rings. The van der Waals surface area contributed by atoms with Gasteiger partial charge in [0.2, 0.25) is 12.0 Å². The number of esters is 1. The molecule has 34 heavy (non-hydrogen) atoms. The number of halogens is 1. The Morgan fingerprint density at radius 1 is 1.15 bits per heavy atom. The molecule has 3 aliphatic carbocycles. The maximum atomic E-state index is 15.0. The van der Waals surface area contributed by atoms with Gasteiger partial charge in [0.05, 0.1) is 6.10 Å². The maximum absolute atomic E-state index is 15.0. The molecule has 3 rings (SSSR count). The largest absolute Gasteiger partial charge is 0.511 e. The van der Waals surface area contributed by atoms with E-state index >= 15 is 0 Å². The summed E-state index contributed by atoms with van der Waals surface area (Å²) in [7, 11) is 0. The van der Waals surface area contributed by atoms with E-state index in [9.17, 15) is 23.9 Å². The highest BCUT2D eigenvalue weighted by Crippen LogP contribution is 2.67. The number of ether oxygens (including phenoxy) is 4. The Labute approximate surface area is 199 Å². The highest BCUT2D eigenvalue weighted by atomic mass is 19.1. The molecule has 10 heteroatoms. The first-order chi connectivity index (χ1) is 15.9. The molecule has 0 aromatic carbocycles. The molecule has 0 saturated heterocycles. The summed E-state index contributed by atoms with van der Waals surface area (Å²) >= 11 is 0. The van der Waals surface area contributed by atoms with Crippen LogP contribution in [0.3, 0.4) is 0 Å². The number of carboxylic acid groups (broad SMARTS) is 1. The molecule has 0 heterocycles. The lowest BCUT2D eigenvalue weighted by atomic mass is 9.75. The zero-order chi connectivity index (χ0) is 25.4. The Kier molecular flexibility index (Phi) is 7.82. The van der Waals surface area contributed by atoms with Crippen LogP contribution in [0.4, 0.5) is 9.18 Å². The second-order valence-electron chi connectivity index (χ2n) is 10.5. The fraction of sp³-hybridized carbons (Fsp3) is 0.875. The van der Waals surface area contributed by atoms with Crippen LogP contribution in [0.15, 0.2) is 0 Å². The molecule has 0 radical (unpaired) electrons. The third-order valence-corrected chi connectivity index (χ3v) is 7.75. The standard InChI is InChI=1S/C24H38FNO8/c1-6-9-31-18-11-16-19(23(16,25)20(27)28)24(18,26)21(29)32-14(5)33-22(30)34-17-10-13(4)7-8-15(17)12(2)3/h12-19H,6-11,26H2,1-5H3,(H,27,28)/t13-,14-,15+,16-,17?,18-,19+,23-,24+/m1/s1. The van der Waals surface area contributed by atoms with Gasteiger partial charge in [-0.3, -0.25) is 0 Å². The van der Waals surface area contributed by atoms with E-state index in [4.69, 9.17) is 24.7 Å². The van der Waals surface area contributed by atoms with E-state index in [1.807, 2.05) is 6.92 Å². The molecule has 1 unspecified atom stereocenters. The van der Waals surface area contributed by atoms with Gasteiger partial charge in [0.15, 0.2) is 0 Å². The highest BCUT2D eigenvalue weighted by molar-refractivity contribution is 5.91. The lowest BCUT2D eigenvalue weighted by Crippen LogP contribution is -2.61. The summed E-state index contributed by atoms with van der Waals surface area (Å²) in [5, 5.41) is 9.32. The Hall–Kier alpha value is -1.94. The van der Waals surface area contributed by atoms with Crippen LogP contribution < -0.4 is 5.73 Å². The normalized spacial score (nSPS) is 39.8. The first kappa shape index (κ1) is 26.7. The smallest absolute Gasteiger partial charge is 0.479 e.